The van der Waals surface area contributed by atoms with Crippen molar-refractivity contribution in [3.05, 3.63) is 54.1 Å². The molecule has 0 aliphatic rings. The van der Waals surface area contributed by atoms with Crippen LogP contribution >= 0.6 is 0 Å². The third-order valence-electron chi connectivity index (χ3n) is 2.48. The van der Waals surface area contributed by atoms with Gasteiger partial charge in [-0.15, -0.1) is 0 Å². The molecule has 0 fully saturated rings. The number of pyridine rings is 1. The van der Waals surface area contributed by atoms with E-state index in [1.807, 2.05) is 0 Å². The molecule has 0 unspecified atom stereocenters. The molecule has 0 aliphatic heterocycles. The fraction of sp³-hybridized carbons (Fsp3) is 0.0833. The molecule has 0 saturated heterocycles. The van der Waals surface area contributed by atoms with Gasteiger partial charge >= 0.3 is 0 Å². The Bertz CT molecular complexity index is 675. The largest absolute Gasteiger partial charge is 0.326 e. The lowest BCUT2D eigenvalue weighted by atomic mass is 10.2. The van der Waals surface area contributed by atoms with Crippen LogP contribution in [0.2, 0.25) is 0 Å². The van der Waals surface area contributed by atoms with Crippen LogP contribution in [0.4, 0.5) is 10.1 Å². The van der Waals surface area contributed by atoms with Crippen LogP contribution < -0.4 is 10.5 Å². The first kappa shape index (κ1) is 13.4. The predicted molar refractivity (Wildman–Crippen MR) is 69.3 cm³/mol. The van der Waals surface area contributed by atoms with E-state index in [2.05, 4.69) is 9.71 Å². The van der Waals surface area contributed by atoms with Crippen molar-refractivity contribution in [1.29, 1.82) is 0 Å². The summed E-state index contributed by atoms with van der Waals surface area (Å²) in [5.41, 5.74) is 5.65. The van der Waals surface area contributed by atoms with Gasteiger partial charge < -0.3 is 5.73 Å². The summed E-state index contributed by atoms with van der Waals surface area (Å²) in [5, 5.41) is 0. The summed E-state index contributed by atoms with van der Waals surface area (Å²) in [6.07, 6.45) is 2.88. The fourth-order valence-electron chi connectivity index (χ4n) is 1.62. The van der Waals surface area contributed by atoms with Crippen LogP contribution in [-0.4, -0.2) is 13.4 Å². The number of anilines is 1. The molecule has 19 heavy (non-hydrogen) atoms. The summed E-state index contributed by atoms with van der Waals surface area (Å²) in [4.78, 5) is 3.63. The number of aromatic nitrogens is 1. The first-order chi connectivity index (χ1) is 9.04. The summed E-state index contributed by atoms with van der Waals surface area (Å²) in [5.74, 6) is -0.642. The van der Waals surface area contributed by atoms with Gasteiger partial charge in [-0.3, -0.25) is 9.71 Å². The van der Waals surface area contributed by atoms with Crippen molar-refractivity contribution in [3.8, 4) is 0 Å². The molecule has 0 radical (unpaired) electrons. The van der Waals surface area contributed by atoms with Crippen molar-refractivity contribution in [1.82, 2.24) is 4.98 Å². The maximum atomic E-state index is 13.5. The highest BCUT2D eigenvalue weighted by Gasteiger charge is 2.20. The van der Waals surface area contributed by atoms with Gasteiger partial charge in [0.05, 0.1) is 16.8 Å². The summed E-state index contributed by atoms with van der Waals surface area (Å²) in [7, 11) is -3.89. The van der Waals surface area contributed by atoms with E-state index in [-0.39, 0.29) is 17.0 Å². The SMILES string of the molecule is NCc1c(F)cccc1S(=O)(=O)Nc1cccnc1. The number of sulfonamides is 1. The van der Waals surface area contributed by atoms with E-state index < -0.39 is 15.8 Å². The third-order valence-corrected chi connectivity index (χ3v) is 3.95. The Balaban J connectivity index is 2.43. The zero-order valence-corrected chi connectivity index (χ0v) is 10.7. The van der Waals surface area contributed by atoms with Crippen LogP contribution in [-0.2, 0) is 16.6 Å². The molecular weight excluding hydrogens is 269 g/mol. The number of nitrogens with two attached hydrogens (primary N) is 1. The van der Waals surface area contributed by atoms with Gasteiger partial charge in [0.25, 0.3) is 10.0 Å². The maximum Gasteiger partial charge on any atom is 0.262 e. The first-order valence-electron chi connectivity index (χ1n) is 5.45. The van der Waals surface area contributed by atoms with Crippen molar-refractivity contribution in [2.24, 2.45) is 5.73 Å². The molecule has 1 aromatic carbocycles. The lowest BCUT2D eigenvalue weighted by Gasteiger charge is -2.11. The van der Waals surface area contributed by atoms with Gasteiger partial charge in [-0.25, -0.2) is 12.8 Å². The van der Waals surface area contributed by atoms with E-state index >= 15 is 0 Å². The molecule has 2 aromatic rings. The van der Waals surface area contributed by atoms with Crippen LogP contribution in [0.15, 0.2) is 47.6 Å². The molecule has 0 bridgehead atoms. The zero-order chi connectivity index (χ0) is 13.9. The summed E-state index contributed by atoms with van der Waals surface area (Å²) < 4.78 is 40.2. The topological polar surface area (TPSA) is 85.1 Å². The normalized spacial score (nSPS) is 11.3. The van der Waals surface area contributed by atoms with Crippen molar-refractivity contribution in [3.63, 3.8) is 0 Å². The average Bonchev–Trinajstić information content (AvgIpc) is 2.39. The average molecular weight is 281 g/mol. The van der Waals surface area contributed by atoms with Crippen LogP contribution in [0.3, 0.4) is 0 Å². The molecular formula is C12H12FN3O2S. The number of hydrogen-bond acceptors (Lipinski definition) is 4. The Hall–Kier alpha value is -1.99. The van der Waals surface area contributed by atoms with Gasteiger partial charge in [0.15, 0.2) is 0 Å². The molecule has 3 N–H and O–H groups in total. The Labute approximate surface area is 110 Å². The van der Waals surface area contributed by atoms with Crippen molar-refractivity contribution in [2.45, 2.75) is 11.4 Å². The van der Waals surface area contributed by atoms with E-state index in [4.69, 9.17) is 5.73 Å². The van der Waals surface area contributed by atoms with Crippen LogP contribution in [0.5, 0.6) is 0 Å². The van der Waals surface area contributed by atoms with Crippen molar-refractivity contribution in [2.75, 3.05) is 4.72 Å². The highest BCUT2D eigenvalue weighted by atomic mass is 32.2. The number of halogens is 1. The van der Waals surface area contributed by atoms with Crippen LogP contribution in [0, 0.1) is 5.82 Å². The molecule has 0 atom stereocenters. The molecule has 1 heterocycles. The van der Waals surface area contributed by atoms with E-state index in [0.717, 1.165) is 0 Å². The lowest BCUT2D eigenvalue weighted by molar-refractivity contribution is 0.585. The maximum absolute atomic E-state index is 13.5. The third kappa shape index (κ3) is 2.88. The predicted octanol–water partition coefficient (Wildman–Crippen LogP) is 1.48. The molecule has 0 aliphatic carbocycles. The quantitative estimate of drug-likeness (QED) is 0.889. The molecule has 1 aromatic heterocycles. The van der Waals surface area contributed by atoms with Gasteiger partial charge in [-0.1, -0.05) is 6.07 Å². The number of nitrogens with zero attached hydrogens (tertiary/aromatic N) is 1. The second kappa shape index (κ2) is 5.33. The minimum absolute atomic E-state index is 0.0427. The van der Waals surface area contributed by atoms with Crippen molar-refractivity contribution >= 4 is 15.7 Å². The zero-order valence-electron chi connectivity index (χ0n) is 9.88. The monoisotopic (exact) mass is 281 g/mol. The molecule has 100 valence electrons. The van der Waals surface area contributed by atoms with Crippen molar-refractivity contribution < 1.29 is 12.8 Å². The van der Waals surface area contributed by atoms with E-state index in [1.54, 1.807) is 12.1 Å². The van der Waals surface area contributed by atoms with Gasteiger partial charge in [0.2, 0.25) is 0 Å². The van der Waals surface area contributed by atoms with E-state index in [0.29, 0.717) is 5.69 Å². The second-order valence-corrected chi connectivity index (χ2v) is 5.42. The number of hydrogen-bond donors (Lipinski definition) is 2. The van der Waals surface area contributed by atoms with E-state index in [1.165, 1.54) is 30.6 Å². The second-order valence-electron chi connectivity index (χ2n) is 3.77. The Morgan fingerprint density at radius 3 is 2.68 bits per heavy atom. The summed E-state index contributed by atoms with van der Waals surface area (Å²) in [6.45, 7) is -0.198. The molecule has 7 heteroatoms. The molecule has 0 spiro atoms. The summed E-state index contributed by atoms with van der Waals surface area (Å²) in [6, 6.07) is 6.95. The number of benzene rings is 1. The highest BCUT2D eigenvalue weighted by Crippen LogP contribution is 2.21. The van der Waals surface area contributed by atoms with Crippen LogP contribution in [0.25, 0.3) is 0 Å². The molecule has 0 saturated carbocycles. The Kier molecular flexibility index (Phi) is 3.77. The minimum Gasteiger partial charge on any atom is -0.326 e. The minimum atomic E-state index is -3.89. The van der Waals surface area contributed by atoms with Gasteiger partial charge in [-0.05, 0) is 24.3 Å². The Morgan fingerprint density at radius 1 is 1.26 bits per heavy atom. The Morgan fingerprint density at radius 2 is 2.05 bits per heavy atom. The number of rotatable bonds is 4. The molecule has 5 nitrogen and oxygen atoms in total. The first-order valence-corrected chi connectivity index (χ1v) is 6.93. The van der Waals surface area contributed by atoms with Gasteiger partial charge in [0.1, 0.15) is 5.82 Å². The lowest BCUT2D eigenvalue weighted by Crippen LogP contribution is -2.17. The van der Waals surface area contributed by atoms with E-state index in [9.17, 15) is 12.8 Å². The van der Waals surface area contributed by atoms with Gasteiger partial charge in [0, 0.05) is 18.3 Å². The standard InChI is InChI=1S/C12H12FN3O2S/c13-11-4-1-5-12(10(11)7-14)19(17,18)16-9-3-2-6-15-8-9/h1-6,8,16H,7,14H2. The number of nitrogens with one attached hydrogen (secondary N) is 1. The smallest absolute Gasteiger partial charge is 0.262 e. The highest BCUT2D eigenvalue weighted by molar-refractivity contribution is 7.92. The molecule has 0 amide bonds. The van der Waals surface area contributed by atoms with Crippen LogP contribution in [0.1, 0.15) is 5.56 Å². The van der Waals surface area contributed by atoms with Gasteiger partial charge in [-0.2, -0.15) is 0 Å². The summed E-state index contributed by atoms with van der Waals surface area (Å²) >= 11 is 0. The molecule has 2 rings (SSSR count). The fourth-order valence-corrected chi connectivity index (χ4v) is 2.93.